The number of hydrogen-bond donors (Lipinski definition) is 0. The van der Waals surface area contributed by atoms with Crippen molar-refractivity contribution < 1.29 is 19.1 Å². The zero-order valence-corrected chi connectivity index (χ0v) is 19.1. The number of amidine groups is 1. The van der Waals surface area contributed by atoms with E-state index in [1.807, 2.05) is 45.9 Å². The van der Waals surface area contributed by atoms with E-state index < -0.39 is 5.97 Å². The summed E-state index contributed by atoms with van der Waals surface area (Å²) in [6, 6.07) is 5.58. The molecular weight excluding hydrogens is 444 g/mol. The van der Waals surface area contributed by atoms with Crippen LogP contribution in [0.5, 0.6) is 5.75 Å². The Morgan fingerprint density at radius 2 is 2.04 bits per heavy atom. The van der Waals surface area contributed by atoms with Crippen LogP contribution in [0.4, 0.5) is 0 Å². The van der Waals surface area contributed by atoms with E-state index in [9.17, 15) is 9.59 Å². The molecule has 152 valence electrons. The largest absolute Gasteiger partial charge is 0.481 e. The van der Waals surface area contributed by atoms with Gasteiger partial charge in [0, 0.05) is 12.1 Å². The molecule has 0 aliphatic carbocycles. The third-order valence-corrected chi connectivity index (χ3v) is 5.24. The first-order valence-electron chi connectivity index (χ1n) is 9.11. The van der Waals surface area contributed by atoms with Gasteiger partial charge in [-0.05, 0) is 86.1 Å². The van der Waals surface area contributed by atoms with Gasteiger partial charge in [-0.15, -0.1) is 0 Å². The van der Waals surface area contributed by atoms with Crippen LogP contribution in [0.25, 0.3) is 6.08 Å². The van der Waals surface area contributed by atoms with E-state index in [1.165, 1.54) is 11.8 Å². The molecule has 0 unspecified atom stereocenters. The number of ether oxygens (including phenoxy) is 2. The molecule has 0 bridgehead atoms. The highest BCUT2D eigenvalue weighted by molar-refractivity contribution is 9.10. The van der Waals surface area contributed by atoms with E-state index in [-0.39, 0.29) is 24.6 Å². The molecule has 0 radical (unpaired) electrons. The zero-order valence-electron chi connectivity index (χ0n) is 16.7. The van der Waals surface area contributed by atoms with Crippen LogP contribution >= 0.6 is 27.7 Å². The lowest BCUT2D eigenvalue weighted by Crippen LogP contribution is -2.35. The molecule has 1 aromatic rings. The Balaban J connectivity index is 2.19. The molecule has 0 aromatic heterocycles. The second-order valence-corrected chi connectivity index (χ2v) is 8.53. The van der Waals surface area contributed by atoms with Crippen molar-refractivity contribution >= 4 is 50.8 Å². The molecule has 1 aliphatic heterocycles. The summed E-state index contributed by atoms with van der Waals surface area (Å²) in [6.45, 7) is 9.84. The number of thioether (sulfide) groups is 1. The summed E-state index contributed by atoms with van der Waals surface area (Å²) in [5.41, 5.74) is 0.848. The Morgan fingerprint density at radius 3 is 2.61 bits per heavy atom. The van der Waals surface area contributed by atoms with E-state index >= 15 is 0 Å². The standard InChI is InChI=1S/C20H25BrN2O4S/c1-6-26-18(24)11-27-16-8-7-14(9-15(16)21)10-17-19(25)23(13(4)5)20(28-17)22-12(2)3/h7-10,12-13H,6,11H2,1-5H3/b17-10+,22-20?. The van der Waals surface area contributed by atoms with Crippen molar-refractivity contribution in [3.8, 4) is 5.75 Å². The third-order valence-electron chi connectivity index (χ3n) is 3.63. The molecule has 1 heterocycles. The fraction of sp³-hybridized carbons (Fsp3) is 0.450. The highest BCUT2D eigenvalue weighted by atomic mass is 79.9. The number of carbonyl (C=O) groups excluding carboxylic acids is 2. The Hall–Kier alpha value is -1.80. The Bertz CT molecular complexity index is 805. The molecule has 8 heteroatoms. The van der Waals surface area contributed by atoms with Crippen LogP contribution in [-0.2, 0) is 14.3 Å². The minimum Gasteiger partial charge on any atom is -0.481 e. The average Bonchev–Trinajstić information content (AvgIpc) is 2.89. The molecule has 1 amide bonds. The van der Waals surface area contributed by atoms with Gasteiger partial charge in [-0.1, -0.05) is 6.07 Å². The maximum atomic E-state index is 12.8. The van der Waals surface area contributed by atoms with E-state index in [1.54, 1.807) is 17.9 Å². The molecule has 0 atom stereocenters. The number of rotatable bonds is 7. The van der Waals surface area contributed by atoms with Crippen molar-refractivity contribution in [2.24, 2.45) is 4.99 Å². The quantitative estimate of drug-likeness (QED) is 0.435. The van der Waals surface area contributed by atoms with E-state index in [2.05, 4.69) is 20.9 Å². The number of carbonyl (C=O) groups is 2. The fourth-order valence-electron chi connectivity index (χ4n) is 2.47. The lowest BCUT2D eigenvalue weighted by atomic mass is 10.2. The third kappa shape index (κ3) is 5.85. The maximum Gasteiger partial charge on any atom is 0.344 e. The molecule has 1 aromatic carbocycles. The predicted molar refractivity (Wildman–Crippen MR) is 116 cm³/mol. The van der Waals surface area contributed by atoms with Gasteiger partial charge < -0.3 is 9.47 Å². The predicted octanol–water partition coefficient (Wildman–Crippen LogP) is 4.48. The lowest BCUT2D eigenvalue weighted by Gasteiger charge is -2.20. The zero-order chi connectivity index (χ0) is 20.8. The first kappa shape index (κ1) is 22.5. The Morgan fingerprint density at radius 1 is 1.32 bits per heavy atom. The van der Waals surface area contributed by atoms with Gasteiger partial charge in [-0.3, -0.25) is 14.7 Å². The monoisotopic (exact) mass is 468 g/mol. The van der Waals surface area contributed by atoms with E-state index in [4.69, 9.17) is 9.47 Å². The maximum absolute atomic E-state index is 12.8. The van der Waals surface area contributed by atoms with Crippen molar-refractivity contribution in [3.05, 3.63) is 33.1 Å². The number of hydrogen-bond acceptors (Lipinski definition) is 6. The molecule has 0 N–H and O–H groups in total. The van der Waals surface area contributed by atoms with Crippen LogP contribution in [0, 0.1) is 0 Å². The fourth-order valence-corrected chi connectivity index (χ4v) is 4.21. The second kappa shape index (κ2) is 10.1. The molecule has 0 saturated carbocycles. The van der Waals surface area contributed by atoms with Crippen LogP contribution < -0.4 is 4.74 Å². The smallest absolute Gasteiger partial charge is 0.344 e. The first-order chi connectivity index (χ1) is 13.2. The minimum atomic E-state index is -0.417. The number of aliphatic imine (C=N–C) groups is 1. The van der Waals surface area contributed by atoms with Crippen molar-refractivity contribution in [2.75, 3.05) is 13.2 Å². The summed E-state index contributed by atoms with van der Waals surface area (Å²) in [5.74, 6) is 0.0731. The summed E-state index contributed by atoms with van der Waals surface area (Å²) in [4.78, 5) is 31.2. The van der Waals surface area contributed by atoms with Gasteiger partial charge >= 0.3 is 5.97 Å². The van der Waals surface area contributed by atoms with E-state index in [0.717, 1.165) is 10.7 Å². The van der Waals surface area contributed by atoms with Crippen LogP contribution in [0.15, 0.2) is 32.6 Å². The van der Waals surface area contributed by atoms with Crippen LogP contribution in [0.3, 0.4) is 0 Å². The highest BCUT2D eigenvalue weighted by Gasteiger charge is 2.35. The molecule has 1 saturated heterocycles. The van der Waals surface area contributed by atoms with E-state index in [0.29, 0.717) is 21.7 Å². The Kier molecular flexibility index (Phi) is 8.12. The molecule has 28 heavy (non-hydrogen) atoms. The molecule has 2 rings (SSSR count). The van der Waals surface area contributed by atoms with Gasteiger partial charge in [0.25, 0.3) is 5.91 Å². The normalized spacial score (nSPS) is 17.3. The van der Waals surface area contributed by atoms with Crippen molar-refractivity contribution in [1.29, 1.82) is 0 Å². The Labute approximate surface area is 178 Å². The minimum absolute atomic E-state index is 0.0359. The summed E-state index contributed by atoms with van der Waals surface area (Å²) >= 11 is 4.84. The first-order valence-corrected chi connectivity index (χ1v) is 10.7. The summed E-state index contributed by atoms with van der Waals surface area (Å²) in [5, 5.41) is 0.731. The average molecular weight is 469 g/mol. The number of amides is 1. The summed E-state index contributed by atoms with van der Waals surface area (Å²) < 4.78 is 11.0. The number of nitrogens with zero attached hydrogens (tertiary/aromatic N) is 2. The van der Waals surface area contributed by atoms with Gasteiger partial charge in [0.05, 0.1) is 16.0 Å². The van der Waals surface area contributed by atoms with Crippen molar-refractivity contribution in [1.82, 2.24) is 4.90 Å². The van der Waals surface area contributed by atoms with Gasteiger partial charge in [-0.2, -0.15) is 0 Å². The number of benzene rings is 1. The number of esters is 1. The van der Waals surface area contributed by atoms with Gasteiger partial charge in [0.15, 0.2) is 11.8 Å². The SMILES string of the molecule is CCOC(=O)COc1ccc(/C=C2/SC(=NC(C)C)N(C(C)C)C2=O)cc1Br. The van der Waals surface area contributed by atoms with Crippen LogP contribution in [0.1, 0.15) is 40.2 Å². The van der Waals surface area contributed by atoms with Crippen molar-refractivity contribution in [3.63, 3.8) is 0 Å². The second-order valence-electron chi connectivity index (χ2n) is 6.67. The lowest BCUT2D eigenvalue weighted by molar-refractivity contribution is -0.145. The summed E-state index contributed by atoms with van der Waals surface area (Å²) in [7, 11) is 0. The molecule has 1 aliphatic rings. The summed E-state index contributed by atoms with van der Waals surface area (Å²) in [6.07, 6.45) is 1.84. The molecular formula is C20H25BrN2O4S. The van der Waals surface area contributed by atoms with Gasteiger partial charge in [0.2, 0.25) is 0 Å². The molecule has 0 spiro atoms. The topological polar surface area (TPSA) is 68.2 Å². The number of halogens is 1. The van der Waals surface area contributed by atoms with Crippen LogP contribution in [0.2, 0.25) is 0 Å². The van der Waals surface area contributed by atoms with Gasteiger partial charge in [0.1, 0.15) is 5.75 Å². The van der Waals surface area contributed by atoms with Crippen molar-refractivity contribution in [2.45, 2.75) is 46.7 Å². The molecule has 6 nitrogen and oxygen atoms in total. The van der Waals surface area contributed by atoms with Gasteiger partial charge in [-0.25, -0.2) is 4.79 Å². The van der Waals surface area contributed by atoms with Crippen LogP contribution in [-0.4, -0.2) is 47.2 Å². The molecule has 1 fully saturated rings. The highest BCUT2D eigenvalue weighted by Crippen LogP contribution is 2.35.